The third-order valence-electron chi connectivity index (χ3n) is 6.19. The van der Waals surface area contributed by atoms with Gasteiger partial charge >= 0.3 is 5.97 Å². The van der Waals surface area contributed by atoms with E-state index in [2.05, 4.69) is 0 Å². The summed E-state index contributed by atoms with van der Waals surface area (Å²) in [5, 5.41) is 21.3. The van der Waals surface area contributed by atoms with E-state index in [-0.39, 0.29) is 23.7 Å². The van der Waals surface area contributed by atoms with Crippen LogP contribution in [0.3, 0.4) is 0 Å². The molecule has 0 aliphatic carbocycles. The number of carbonyl (C=O) groups is 3. The monoisotopic (exact) mass is 501 g/mol. The van der Waals surface area contributed by atoms with Crippen molar-refractivity contribution in [3.63, 3.8) is 0 Å². The van der Waals surface area contributed by atoms with Crippen molar-refractivity contribution in [3.05, 3.63) is 94.1 Å². The van der Waals surface area contributed by atoms with Crippen molar-refractivity contribution in [1.29, 1.82) is 0 Å². The summed E-state index contributed by atoms with van der Waals surface area (Å²) in [6, 6.07) is 14.7. The number of aromatic hydroxyl groups is 1. The van der Waals surface area contributed by atoms with Gasteiger partial charge in [0.25, 0.3) is 11.7 Å². The van der Waals surface area contributed by atoms with Crippen LogP contribution in [0.25, 0.3) is 5.76 Å². The van der Waals surface area contributed by atoms with Crippen LogP contribution in [0.5, 0.6) is 11.5 Å². The number of methoxy groups -OCH3 is 1. The lowest BCUT2D eigenvalue weighted by atomic mass is 9.93. The normalized spacial score (nSPS) is 16.6. The van der Waals surface area contributed by atoms with E-state index in [0.29, 0.717) is 28.1 Å². The van der Waals surface area contributed by atoms with Gasteiger partial charge in [-0.25, -0.2) is 4.79 Å². The summed E-state index contributed by atoms with van der Waals surface area (Å²) < 4.78 is 10.5. The van der Waals surface area contributed by atoms with Gasteiger partial charge in [0.15, 0.2) is 0 Å². The predicted molar refractivity (Wildman–Crippen MR) is 138 cm³/mol. The molecule has 1 saturated heterocycles. The number of carbonyl (C=O) groups excluding carboxylic acids is 3. The molecule has 1 aliphatic heterocycles. The molecule has 3 aromatic rings. The zero-order chi connectivity index (χ0) is 26.9. The summed E-state index contributed by atoms with van der Waals surface area (Å²) in [6.45, 7) is 5.60. The summed E-state index contributed by atoms with van der Waals surface area (Å²) in [4.78, 5) is 40.1. The Kier molecular flexibility index (Phi) is 7.02. The maximum Gasteiger partial charge on any atom is 0.338 e. The lowest BCUT2D eigenvalue weighted by molar-refractivity contribution is -0.132. The molecule has 0 saturated carbocycles. The number of hydrogen-bond acceptors (Lipinski definition) is 7. The zero-order valence-electron chi connectivity index (χ0n) is 20.9. The van der Waals surface area contributed by atoms with E-state index < -0.39 is 23.7 Å². The standard InChI is InChI=1S/C29H27NO7/c1-5-37-29(35)19-6-10-20(11-7-19)30-24(18-8-12-21(31)13-9-18)23(26(33)28(30)34)25(32)22-15-16(2)14-17(3)27(22)36-4/h6-15,24,31-32H,5H2,1-4H3/b25-23+. The Morgan fingerprint density at radius 2 is 1.65 bits per heavy atom. The minimum Gasteiger partial charge on any atom is -0.508 e. The molecular weight excluding hydrogens is 474 g/mol. The first-order valence-corrected chi connectivity index (χ1v) is 11.7. The number of aliphatic hydroxyl groups is 1. The number of esters is 1. The van der Waals surface area contributed by atoms with Gasteiger partial charge in [-0.1, -0.05) is 18.2 Å². The number of aryl methyl sites for hydroxylation is 2. The molecule has 8 nitrogen and oxygen atoms in total. The fraction of sp³-hybridized carbons (Fsp3) is 0.207. The van der Waals surface area contributed by atoms with E-state index in [0.717, 1.165) is 11.1 Å². The fourth-order valence-electron chi connectivity index (χ4n) is 4.59. The second-order valence-electron chi connectivity index (χ2n) is 8.69. The van der Waals surface area contributed by atoms with Crippen LogP contribution in [-0.4, -0.2) is 41.6 Å². The zero-order valence-corrected chi connectivity index (χ0v) is 20.9. The summed E-state index contributed by atoms with van der Waals surface area (Å²) in [6.07, 6.45) is 0. The summed E-state index contributed by atoms with van der Waals surface area (Å²) >= 11 is 0. The Morgan fingerprint density at radius 3 is 2.24 bits per heavy atom. The van der Waals surface area contributed by atoms with Gasteiger partial charge in [-0.2, -0.15) is 0 Å². The maximum absolute atomic E-state index is 13.4. The van der Waals surface area contributed by atoms with Crippen LogP contribution in [0.15, 0.2) is 66.2 Å². The van der Waals surface area contributed by atoms with Crippen LogP contribution >= 0.6 is 0 Å². The van der Waals surface area contributed by atoms with Gasteiger partial charge in [0.2, 0.25) is 0 Å². The molecule has 1 unspecified atom stereocenters. The number of anilines is 1. The number of phenolic OH excluding ortho intramolecular Hbond substituents is 1. The van der Waals surface area contributed by atoms with Gasteiger partial charge in [-0.3, -0.25) is 14.5 Å². The van der Waals surface area contributed by atoms with Crippen molar-refractivity contribution < 1.29 is 34.1 Å². The number of ketones is 1. The van der Waals surface area contributed by atoms with Crippen molar-refractivity contribution >= 4 is 29.1 Å². The van der Waals surface area contributed by atoms with Crippen molar-refractivity contribution in [2.45, 2.75) is 26.8 Å². The molecule has 37 heavy (non-hydrogen) atoms. The quantitative estimate of drug-likeness (QED) is 0.215. The number of ether oxygens (including phenoxy) is 2. The second kappa shape index (κ2) is 10.2. The SMILES string of the molecule is CCOC(=O)c1ccc(N2C(=O)C(=O)/C(=C(/O)c3cc(C)cc(C)c3OC)C2c2ccc(O)cc2)cc1. The molecule has 1 aliphatic rings. The number of nitrogens with zero attached hydrogens (tertiary/aromatic N) is 1. The first-order valence-electron chi connectivity index (χ1n) is 11.7. The summed E-state index contributed by atoms with van der Waals surface area (Å²) in [5.74, 6) is -2.19. The first-order chi connectivity index (χ1) is 17.7. The molecule has 0 spiro atoms. The van der Waals surface area contributed by atoms with E-state index in [1.807, 2.05) is 19.9 Å². The van der Waals surface area contributed by atoms with E-state index in [4.69, 9.17) is 9.47 Å². The van der Waals surface area contributed by atoms with E-state index in [1.165, 1.54) is 36.3 Å². The van der Waals surface area contributed by atoms with Crippen molar-refractivity contribution in [2.24, 2.45) is 0 Å². The van der Waals surface area contributed by atoms with Crippen molar-refractivity contribution in [1.82, 2.24) is 0 Å². The predicted octanol–water partition coefficient (Wildman–Crippen LogP) is 4.82. The Hall–Kier alpha value is -4.59. The van der Waals surface area contributed by atoms with Crippen LogP contribution < -0.4 is 9.64 Å². The van der Waals surface area contributed by atoms with Gasteiger partial charge in [0, 0.05) is 5.69 Å². The number of aliphatic hydroxyl groups excluding tert-OH is 1. The van der Waals surface area contributed by atoms with E-state index in [1.54, 1.807) is 37.3 Å². The van der Waals surface area contributed by atoms with Gasteiger partial charge in [0.1, 0.15) is 17.3 Å². The van der Waals surface area contributed by atoms with Crippen molar-refractivity contribution in [2.75, 3.05) is 18.6 Å². The van der Waals surface area contributed by atoms with Crippen LogP contribution in [0.4, 0.5) is 5.69 Å². The highest BCUT2D eigenvalue weighted by atomic mass is 16.5. The topological polar surface area (TPSA) is 113 Å². The molecule has 190 valence electrons. The smallest absolute Gasteiger partial charge is 0.338 e. The van der Waals surface area contributed by atoms with Crippen LogP contribution in [0.1, 0.15) is 45.6 Å². The molecule has 1 fully saturated rings. The Labute approximate surface area is 214 Å². The van der Waals surface area contributed by atoms with Crippen LogP contribution in [0.2, 0.25) is 0 Å². The van der Waals surface area contributed by atoms with Crippen LogP contribution in [-0.2, 0) is 14.3 Å². The summed E-state index contributed by atoms with van der Waals surface area (Å²) in [7, 11) is 1.47. The number of phenols is 1. The van der Waals surface area contributed by atoms with Crippen molar-refractivity contribution in [3.8, 4) is 11.5 Å². The number of hydrogen-bond donors (Lipinski definition) is 2. The Balaban J connectivity index is 1.92. The Morgan fingerprint density at radius 1 is 1.00 bits per heavy atom. The molecule has 2 N–H and O–H groups in total. The number of benzene rings is 3. The van der Waals surface area contributed by atoms with Gasteiger partial charge in [-0.05, 0) is 79.9 Å². The molecule has 0 aromatic heterocycles. The highest BCUT2D eigenvalue weighted by Crippen LogP contribution is 2.44. The number of Topliss-reactive ketones (excluding diaryl/α,β-unsaturated/α-hetero) is 1. The minimum absolute atomic E-state index is 0.00969. The molecule has 8 heteroatoms. The highest BCUT2D eigenvalue weighted by molar-refractivity contribution is 6.51. The average molecular weight is 502 g/mol. The summed E-state index contributed by atoms with van der Waals surface area (Å²) in [5.41, 5.74) is 2.91. The maximum atomic E-state index is 13.4. The van der Waals surface area contributed by atoms with Gasteiger partial charge in [-0.15, -0.1) is 0 Å². The second-order valence-corrected chi connectivity index (χ2v) is 8.69. The van der Waals surface area contributed by atoms with Crippen LogP contribution in [0, 0.1) is 13.8 Å². The lowest BCUT2D eigenvalue weighted by Gasteiger charge is -2.26. The molecule has 1 atom stereocenters. The molecule has 4 rings (SSSR count). The molecule has 1 heterocycles. The third kappa shape index (κ3) is 4.65. The molecule has 0 radical (unpaired) electrons. The molecular formula is C29H27NO7. The minimum atomic E-state index is -1.00. The molecule has 0 bridgehead atoms. The fourth-order valence-corrected chi connectivity index (χ4v) is 4.59. The Bertz CT molecular complexity index is 1410. The van der Waals surface area contributed by atoms with Gasteiger partial charge < -0.3 is 19.7 Å². The molecule has 1 amide bonds. The number of rotatable bonds is 6. The third-order valence-corrected chi connectivity index (χ3v) is 6.19. The molecule has 3 aromatic carbocycles. The van der Waals surface area contributed by atoms with E-state index >= 15 is 0 Å². The average Bonchev–Trinajstić information content (AvgIpc) is 3.14. The van der Waals surface area contributed by atoms with E-state index in [9.17, 15) is 24.6 Å². The van der Waals surface area contributed by atoms with Gasteiger partial charge in [0.05, 0.1) is 36.5 Å². The largest absolute Gasteiger partial charge is 0.508 e. The number of amides is 1. The lowest BCUT2D eigenvalue weighted by Crippen LogP contribution is -2.29. The highest BCUT2D eigenvalue weighted by Gasteiger charge is 2.47. The first kappa shape index (κ1) is 25.5.